The number of ether oxygens (including phenoxy) is 1. The number of carbonyl (C=O) groups is 1. The molecule has 39 heavy (non-hydrogen) atoms. The first kappa shape index (κ1) is 26.8. The van der Waals surface area contributed by atoms with Crippen LogP contribution in [0.4, 0.5) is 0 Å². The molecule has 0 radical (unpaired) electrons. The standard InChI is InChI=1S/C23H16ClN5S.C6H11NO2/c1-14-19(11-10-18-5-3-4-12-25-18)30-23-21(14)22(16-6-8-17(24)9-7-16)26-13-20-28-27-15(2)29(20)23;1-6(8)7-2-4-9-5-3-7/h3-9,12H,13H2,1-2H3;2-5H2,1H3. The summed E-state index contributed by atoms with van der Waals surface area (Å²) in [6.45, 7) is 9.01. The lowest BCUT2D eigenvalue weighted by atomic mass is 10.00. The molecule has 1 saturated heterocycles. The molecule has 2 aliphatic rings. The Morgan fingerprint density at radius 1 is 1.05 bits per heavy atom. The molecule has 0 saturated carbocycles. The van der Waals surface area contributed by atoms with Crippen molar-refractivity contribution < 1.29 is 9.53 Å². The van der Waals surface area contributed by atoms with Gasteiger partial charge in [-0.15, -0.1) is 21.5 Å². The van der Waals surface area contributed by atoms with E-state index >= 15 is 0 Å². The first-order valence-corrected chi connectivity index (χ1v) is 13.7. The van der Waals surface area contributed by atoms with Crippen LogP contribution in [0.1, 0.15) is 45.8 Å². The van der Waals surface area contributed by atoms with Crippen LogP contribution in [0.25, 0.3) is 5.00 Å². The van der Waals surface area contributed by atoms with Crippen molar-refractivity contribution in [1.82, 2.24) is 24.6 Å². The van der Waals surface area contributed by atoms with Crippen LogP contribution in [0.15, 0.2) is 53.7 Å². The molecule has 4 aromatic rings. The molecule has 8 nitrogen and oxygen atoms in total. The van der Waals surface area contributed by atoms with Crippen molar-refractivity contribution in [3.8, 4) is 16.8 Å². The second-order valence-electron chi connectivity index (χ2n) is 8.99. The Bertz CT molecular complexity index is 1580. The summed E-state index contributed by atoms with van der Waals surface area (Å²) in [6.07, 6.45) is 1.75. The lowest BCUT2D eigenvalue weighted by molar-refractivity contribution is -0.132. The molecule has 198 valence electrons. The molecule has 0 unspecified atom stereocenters. The molecule has 2 aliphatic heterocycles. The number of aliphatic imine (C=N–C) groups is 1. The van der Waals surface area contributed by atoms with Gasteiger partial charge in [-0.25, -0.2) is 4.98 Å². The zero-order valence-electron chi connectivity index (χ0n) is 21.9. The van der Waals surface area contributed by atoms with Crippen LogP contribution < -0.4 is 0 Å². The maximum atomic E-state index is 10.7. The van der Waals surface area contributed by atoms with Gasteiger partial charge in [0.1, 0.15) is 23.1 Å². The fourth-order valence-corrected chi connectivity index (χ4v) is 5.69. The number of hydrogen-bond acceptors (Lipinski definition) is 7. The fourth-order valence-electron chi connectivity index (χ4n) is 4.33. The zero-order chi connectivity index (χ0) is 27.4. The number of carbonyl (C=O) groups excluding carboxylic acids is 1. The summed E-state index contributed by atoms with van der Waals surface area (Å²) in [4.78, 5) is 22.7. The van der Waals surface area contributed by atoms with Gasteiger partial charge in [-0.05, 0) is 55.5 Å². The number of thiophene rings is 1. The predicted octanol–water partition coefficient (Wildman–Crippen LogP) is 4.61. The normalized spacial score (nSPS) is 14.1. The van der Waals surface area contributed by atoms with Crippen LogP contribution in [-0.2, 0) is 16.1 Å². The van der Waals surface area contributed by atoms with Gasteiger partial charge in [-0.1, -0.05) is 29.8 Å². The van der Waals surface area contributed by atoms with Crippen LogP contribution in [0.2, 0.25) is 5.02 Å². The molecule has 5 heterocycles. The summed E-state index contributed by atoms with van der Waals surface area (Å²) in [5, 5.41) is 10.3. The average molecular weight is 559 g/mol. The smallest absolute Gasteiger partial charge is 0.219 e. The van der Waals surface area contributed by atoms with Gasteiger partial charge >= 0.3 is 0 Å². The first-order chi connectivity index (χ1) is 18.9. The largest absolute Gasteiger partial charge is 0.378 e. The molecule has 0 atom stereocenters. The third-order valence-electron chi connectivity index (χ3n) is 6.38. The van der Waals surface area contributed by atoms with E-state index in [-0.39, 0.29) is 5.91 Å². The maximum absolute atomic E-state index is 10.7. The predicted molar refractivity (Wildman–Crippen MR) is 153 cm³/mol. The quantitative estimate of drug-likeness (QED) is 0.319. The number of fused-ring (bicyclic) bond motifs is 3. The Labute approximate surface area is 236 Å². The van der Waals surface area contributed by atoms with Gasteiger partial charge in [0, 0.05) is 42.4 Å². The highest BCUT2D eigenvalue weighted by Gasteiger charge is 2.27. The molecular weight excluding hydrogens is 532 g/mol. The van der Waals surface area contributed by atoms with E-state index in [1.165, 1.54) is 0 Å². The van der Waals surface area contributed by atoms with Gasteiger partial charge in [0.05, 0.1) is 23.8 Å². The Balaban J connectivity index is 0.000000292. The van der Waals surface area contributed by atoms with E-state index in [1.54, 1.807) is 29.4 Å². The van der Waals surface area contributed by atoms with Crippen molar-refractivity contribution in [3.05, 3.63) is 92.6 Å². The van der Waals surface area contributed by atoms with Crippen LogP contribution in [0, 0.1) is 25.7 Å². The number of hydrogen-bond donors (Lipinski definition) is 0. The highest BCUT2D eigenvalue weighted by atomic mass is 35.5. The third-order valence-corrected chi connectivity index (χ3v) is 7.83. The van der Waals surface area contributed by atoms with E-state index < -0.39 is 0 Å². The minimum Gasteiger partial charge on any atom is -0.378 e. The van der Waals surface area contributed by atoms with Crippen LogP contribution in [0.3, 0.4) is 0 Å². The molecule has 6 rings (SSSR count). The molecular formula is C29H27ClN6O2S. The SMILES string of the molecule is CC(=O)N1CCOCC1.Cc1c(C#Cc2ccccn2)sc2c1C(c1ccc(Cl)cc1)=NCc1nnc(C)n1-2. The summed E-state index contributed by atoms with van der Waals surface area (Å²) in [5.41, 5.74) is 4.84. The molecule has 0 N–H and O–H groups in total. The molecule has 1 aromatic carbocycles. The number of pyridine rings is 1. The van der Waals surface area contributed by atoms with Crippen molar-refractivity contribution in [2.45, 2.75) is 27.3 Å². The summed E-state index contributed by atoms with van der Waals surface area (Å²) in [7, 11) is 0. The number of nitrogens with zero attached hydrogens (tertiary/aromatic N) is 6. The van der Waals surface area contributed by atoms with E-state index in [0.717, 1.165) is 62.7 Å². The van der Waals surface area contributed by atoms with Crippen LogP contribution >= 0.6 is 22.9 Å². The second-order valence-corrected chi connectivity index (χ2v) is 10.4. The van der Waals surface area contributed by atoms with E-state index in [1.807, 2.05) is 49.4 Å². The van der Waals surface area contributed by atoms with Gasteiger partial charge in [-0.3, -0.25) is 14.4 Å². The third kappa shape index (κ3) is 5.93. The lowest BCUT2D eigenvalue weighted by Gasteiger charge is -2.25. The molecule has 1 fully saturated rings. The molecule has 0 bridgehead atoms. The van der Waals surface area contributed by atoms with E-state index in [2.05, 4.69) is 38.5 Å². The Hall–Kier alpha value is -3.84. The monoisotopic (exact) mass is 558 g/mol. The number of amides is 1. The van der Waals surface area contributed by atoms with Crippen LogP contribution in [0.5, 0.6) is 0 Å². The number of halogens is 1. The Morgan fingerprint density at radius 2 is 1.82 bits per heavy atom. The number of benzene rings is 1. The van der Waals surface area contributed by atoms with Crippen molar-refractivity contribution in [3.63, 3.8) is 0 Å². The van der Waals surface area contributed by atoms with E-state index in [0.29, 0.717) is 24.8 Å². The number of morpholine rings is 1. The second kappa shape index (κ2) is 11.9. The fraction of sp³-hybridized carbons (Fsp3) is 0.276. The molecule has 0 spiro atoms. The van der Waals surface area contributed by atoms with Gasteiger partial charge in [0.2, 0.25) is 5.91 Å². The van der Waals surface area contributed by atoms with Crippen molar-refractivity contribution >= 4 is 34.6 Å². The minimum atomic E-state index is 0.151. The molecule has 10 heteroatoms. The van der Waals surface area contributed by atoms with Crippen LogP contribution in [-0.4, -0.2) is 62.6 Å². The van der Waals surface area contributed by atoms with Crippen molar-refractivity contribution in [2.24, 2.45) is 4.99 Å². The van der Waals surface area contributed by atoms with E-state index in [4.69, 9.17) is 21.3 Å². The highest BCUT2D eigenvalue weighted by molar-refractivity contribution is 7.15. The molecule has 0 aliphatic carbocycles. The van der Waals surface area contributed by atoms with Gasteiger partial charge in [-0.2, -0.15) is 0 Å². The average Bonchev–Trinajstić information content (AvgIpc) is 3.42. The minimum absolute atomic E-state index is 0.151. The Kier molecular flexibility index (Phi) is 8.17. The zero-order valence-corrected chi connectivity index (χ0v) is 23.5. The van der Waals surface area contributed by atoms with Gasteiger partial charge in [0.15, 0.2) is 5.82 Å². The number of rotatable bonds is 1. The number of aryl methyl sites for hydroxylation is 1. The highest BCUT2D eigenvalue weighted by Crippen LogP contribution is 2.36. The summed E-state index contributed by atoms with van der Waals surface area (Å²) in [5.74, 6) is 8.29. The van der Waals surface area contributed by atoms with Gasteiger partial charge < -0.3 is 9.64 Å². The molecule has 1 amide bonds. The van der Waals surface area contributed by atoms with Crippen molar-refractivity contribution in [2.75, 3.05) is 26.3 Å². The van der Waals surface area contributed by atoms with Crippen molar-refractivity contribution in [1.29, 1.82) is 0 Å². The Morgan fingerprint density at radius 3 is 2.49 bits per heavy atom. The van der Waals surface area contributed by atoms with E-state index in [9.17, 15) is 4.79 Å². The lowest BCUT2D eigenvalue weighted by Crippen LogP contribution is -2.39. The maximum Gasteiger partial charge on any atom is 0.219 e. The number of aromatic nitrogens is 4. The summed E-state index contributed by atoms with van der Waals surface area (Å²) in [6, 6.07) is 13.5. The first-order valence-electron chi connectivity index (χ1n) is 12.5. The van der Waals surface area contributed by atoms with Gasteiger partial charge in [0.25, 0.3) is 0 Å². The summed E-state index contributed by atoms with van der Waals surface area (Å²) < 4.78 is 7.14. The summed E-state index contributed by atoms with van der Waals surface area (Å²) >= 11 is 7.74. The topological polar surface area (TPSA) is 85.5 Å². The molecule has 3 aromatic heterocycles.